The van der Waals surface area contributed by atoms with Gasteiger partial charge in [0.1, 0.15) is 24.4 Å². The van der Waals surface area contributed by atoms with E-state index in [-0.39, 0.29) is 12.2 Å². The largest absolute Gasteiger partial charge is 0.504 e. The monoisotopic (exact) mass is 359 g/mol. The number of carboxylic acids is 1. The number of aromatic hydroxyl groups is 2. The topological polar surface area (TPSA) is 180 Å². The summed E-state index contributed by atoms with van der Waals surface area (Å²) >= 11 is 0. The lowest BCUT2D eigenvalue weighted by atomic mass is 9.96. The van der Waals surface area contributed by atoms with Crippen LogP contribution in [0.25, 0.3) is 0 Å². The lowest BCUT2D eigenvalue weighted by molar-refractivity contribution is -0.318. The molecule has 1 aliphatic rings. The highest BCUT2D eigenvalue weighted by atomic mass is 16.6. The lowest BCUT2D eigenvalue weighted by Crippen LogP contribution is -2.65. The Morgan fingerprint density at radius 1 is 1.28 bits per heavy atom. The number of ether oxygens (including phenoxy) is 1. The maximum absolute atomic E-state index is 11.4. The van der Waals surface area contributed by atoms with Crippen molar-refractivity contribution < 1.29 is 45.3 Å². The van der Waals surface area contributed by atoms with Gasteiger partial charge in [-0.3, -0.25) is 10.1 Å². The smallest absolute Gasteiger partial charge is 0.321 e. The first-order valence-electron chi connectivity index (χ1n) is 7.51. The van der Waals surface area contributed by atoms with E-state index in [0.29, 0.717) is 5.56 Å². The number of phenols is 2. The van der Waals surface area contributed by atoms with Crippen LogP contribution in [0.1, 0.15) is 5.56 Å². The second-order valence-corrected chi connectivity index (χ2v) is 5.96. The molecule has 8 N–H and O–H groups in total. The van der Waals surface area contributed by atoms with Crippen LogP contribution >= 0.6 is 0 Å². The number of hydrogen-bond donors (Lipinski definition) is 8. The summed E-state index contributed by atoms with van der Waals surface area (Å²) in [6.07, 6.45) is -4.94. The molecule has 10 heteroatoms. The number of carbonyl (C=O) groups is 1. The molecule has 1 saturated heterocycles. The molecule has 0 bridgehead atoms. The van der Waals surface area contributed by atoms with E-state index in [0.717, 1.165) is 0 Å². The molecule has 10 nitrogen and oxygen atoms in total. The highest BCUT2D eigenvalue weighted by Gasteiger charge is 2.48. The van der Waals surface area contributed by atoms with E-state index >= 15 is 0 Å². The second kappa shape index (κ2) is 7.52. The van der Waals surface area contributed by atoms with E-state index in [1.807, 2.05) is 0 Å². The summed E-state index contributed by atoms with van der Waals surface area (Å²) in [4.78, 5) is 11.4. The molecule has 25 heavy (non-hydrogen) atoms. The molecule has 0 spiro atoms. The van der Waals surface area contributed by atoms with Crippen LogP contribution in [0.2, 0.25) is 0 Å². The fourth-order valence-corrected chi connectivity index (χ4v) is 2.49. The lowest BCUT2D eigenvalue weighted by Gasteiger charge is -2.42. The fourth-order valence-electron chi connectivity index (χ4n) is 2.49. The summed E-state index contributed by atoms with van der Waals surface area (Å²) in [5.41, 5.74) is 0.405. The van der Waals surface area contributed by atoms with Crippen LogP contribution < -0.4 is 5.32 Å². The number of aliphatic hydroxyl groups excluding tert-OH is 3. The zero-order valence-corrected chi connectivity index (χ0v) is 13.1. The molecular weight excluding hydrogens is 338 g/mol. The van der Waals surface area contributed by atoms with Gasteiger partial charge in [-0.2, -0.15) is 0 Å². The van der Waals surface area contributed by atoms with Crippen LogP contribution in [0.4, 0.5) is 0 Å². The van der Waals surface area contributed by atoms with Crippen molar-refractivity contribution in [3.8, 4) is 11.5 Å². The molecule has 0 aromatic heterocycles. The van der Waals surface area contributed by atoms with Gasteiger partial charge in [0, 0.05) is 0 Å². The zero-order chi connectivity index (χ0) is 18.8. The Hall–Kier alpha value is -1.95. The predicted molar refractivity (Wildman–Crippen MR) is 81.8 cm³/mol. The standard InChI is InChI=1S/C15H21NO9/c17-9-2-1-7(4-10(9)18)3-8(14(22)23)16-6-15(24)13(21)12(20)11(19)5-25-15/h1-2,4,8,11-13,16-21,24H,3,5-6H2,(H,22,23)/t8?,11-,12-,13+,15-/m1/s1. The van der Waals surface area contributed by atoms with Gasteiger partial charge in [0.05, 0.1) is 13.2 Å². The van der Waals surface area contributed by atoms with Gasteiger partial charge in [0.25, 0.3) is 0 Å². The molecule has 1 fully saturated rings. The van der Waals surface area contributed by atoms with E-state index in [4.69, 9.17) is 4.74 Å². The van der Waals surface area contributed by atoms with Gasteiger partial charge in [0.15, 0.2) is 11.5 Å². The van der Waals surface area contributed by atoms with Crippen LogP contribution in [0, 0.1) is 0 Å². The number of benzene rings is 1. The van der Waals surface area contributed by atoms with Crippen molar-refractivity contribution in [2.24, 2.45) is 0 Å². The minimum atomic E-state index is -2.27. The first-order valence-corrected chi connectivity index (χ1v) is 7.51. The van der Waals surface area contributed by atoms with Gasteiger partial charge < -0.3 is 40.5 Å². The van der Waals surface area contributed by atoms with Gasteiger partial charge >= 0.3 is 5.97 Å². The van der Waals surface area contributed by atoms with E-state index in [9.17, 15) is 40.5 Å². The van der Waals surface area contributed by atoms with Crippen molar-refractivity contribution in [1.82, 2.24) is 5.32 Å². The van der Waals surface area contributed by atoms with Crippen LogP contribution in [-0.2, 0) is 16.0 Å². The molecule has 140 valence electrons. The van der Waals surface area contributed by atoms with E-state index < -0.39 is 55.0 Å². The SMILES string of the molecule is O=C(O)C(Cc1ccc(O)c(O)c1)NC[C@@]1(O)OC[C@@H](O)[C@@H](O)[C@@H]1O. The molecule has 1 unspecified atom stereocenters. The highest BCUT2D eigenvalue weighted by molar-refractivity contribution is 5.74. The van der Waals surface area contributed by atoms with Crippen LogP contribution in [-0.4, -0.2) is 85.0 Å². The normalized spacial score (nSPS) is 30.8. The maximum Gasteiger partial charge on any atom is 0.321 e. The fraction of sp³-hybridized carbons (Fsp3) is 0.533. The number of aliphatic carboxylic acids is 1. The third-order valence-electron chi connectivity index (χ3n) is 4.06. The third kappa shape index (κ3) is 4.37. The summed E-state index contributed by atoms with van der Waals surface area (Å²) in [6.45, 7) is -0.959. The Morgan fingerprint density at radius 3 is 2.56 bits per heavy atom. The average molecular weight is 359 g/mol. The van der Waals surface area contributed by atoms with Crippen LogP contribution in [0.5, 0.6) is 11.5 Å². The highest BCUT2D eigenvalue weighted by Crippen LogP contribution is 2.26. The Morgan fingerprint density at radius 2 is 1.96 bits per heavy atom. The van der Waals surface area contributed by atoms with Gasteiger partial charge in [-0.05, 0) is 24.1 Å². The van der Waals surface area contributed by atoms with Crippen molar-refractivity contribution in [1.29, 1.82) is 0 Å². The Labute approximate surface area is 142 Å². The summed E-state index contributed by atoms with van der Waals surface area (Å²) in [7, 11) is 0. The van der Waals surface area contributed by atoms with Crippen molar-refractivity contribution >= 4 is 5.97 Å². The minimum absolute atomic E-state index is 0.0967. The van der Waals surface area contributed by atoms with Crippen LogP contribution in [0.15, 0.2) is 18.2 Å². The molecule has 1 aliphatic heterocycles. The van der Waals surface area contributed by atoms with Crippen molar-refractivity contribution in [3.63, 3.8) is 0 Å². The number of phenolic OH excluding ortho intramolecular Hbond substituents is 2. The Kier molecular flexibility index (Phi) is 5.83. The van der Waals surface area contributed by atoms with Gasteiger partial charge in [-0.1, -0.05) is 6.07 Å². The number of carboxylic acid groups (broad SMARTS) is 1. The Balaban J connectivity index is 2.04. The predicted octanol–water partition coefficient (Wildman–Crippen LogP) is -2.52. The maximum atomic E-state index is 11.4. The third-order valence-corrected chi connectivity index (χ3v) is 4.06. The molecule has 1 aromatic rings. The second-order valence-electron chi connectivity index (χ2n) is 5.96. The average Bonchev–Trinajstić information content (AvgIpc) is 2.56. The molecule has 0 radical (unpaired) electrons. The molecule has 2 rings (SSSR count). The van der Waals surface area contributed by atoms with Crippen molar-refractivity contribution in [2.75, 3.05) is 13.2 Å². The molecule has 1 heterocycles. The number of nitrogens with one attached hydrogen (secondary N) is 1. The van der Waals surface area contributed by atoms with E-state index in [2.05, 4.69) is 5.32 Å². The minimum Gasteiger partial charge on any atom is -0.504 e. The molecule has 1 aromatic carbocycles. The first kappa shape index (κ1) is 19.4. The summed E-state index contributed by atoms with van der Waals surface area (Å²) in [5.74, 6) is -4.28. The molecular formula is C15H21NO9. The molecule has 0 aliphatic carbocycles. The quantitative estimate of drug-likeness (QED) is 0.253. The number of aliphatic hydroxyl groups is 4. The number of hydrogen-bond acceptors (Lipinski definition) is 9. The van der Waals surface area contributed by atoms with Gasteiger partial charge in [0.2, 0.25) is 5.79 Å². The van der Waals surface area contributed by atoms with E-state index in [1.165, 1.54) is 18.2 Å². The zero-order valence-electron chi connectivity index (χ0n) is 13.1. The molecule has 0 saturated carbocycles. The summed E-state index contributed by atoms with van der Waals surface area (Å²) in [5, 5.41) is 69.6. The van der Waals surface area contributed by atoms with Crippen molar-refractivity contribution in [3.05, 3.63) is 23.8 Å². The summed E-state index contributed by atoms with van der Waals surface area (Å²) in [6, 6.07) is 2.62. The van der Waals surface area contributed by atoms with Crippen LogP contribution in [0.3, 0.4) is 0 Å². The summed E-state index contributed by atoms with van der Waals surface area (Å²) < 4.78 is 4.94. The van der Waals surface area contributed by atoms with Crippen molar-refractivity contribution in [2.45, 2.75) is 36.6 Å². The Bertz CT molecular complexity index is 625. The molecule has 5 atom stereocenters. The molecule has 0 amide bonds. The van der Waals surface area contributed by atoms with E-state index in [1.54, 1.807) is 0 Å². The number of rotatable bonds is 6. The first-order chi connectivity index (χ1) is 11.6. The van der Waals surface area contributed by atoms with Gasteiger partial charge in [-0.15, -0.1) is 0 Å². The van der Waals surface area contributed by atoms with Gasteiger partial charge in [-0.25, -0.2) is 0 Å².